The summed E-state index contributed by atoms with van der Waals surface area (Å²) in [6.45, 7) is 3.16. The largest absolute Gasteiger partial charge is 0.467 e. The van der Waals surface area contributed by atoms with Gasteiger partial charge in [-0.05, 0) is 0 Å². The van der Waals surface area contributed by atoms with Crippen molar-refractivity contribution in [1.82, 2.24) is 0 Å². The van der Waals surface area contributed by atoms with E-state index in [0.29, 0.717) is 0 Å². The lowest BCUT2D eigenvalue weighted by Crippen LogP contribution is -2.55. The molecule has 0 bridgehead atoms. The quantitative estimate of drug-likeness (QED) is 0.254. The third-order valence-electron chi connectivity index (χ3n) is 1.93. The van der Waals surface area contributed by atoms with E-state index in [1.165, 1.54) is 0 Å². The molecular formula is C9H14O8. The maximum atomic E-state index is 11.4. The topological polar surface area (TPSA) is 112 Å². The lowest BCUT2D eigenvalue weighted by Gasteiger charge is -2.28. The molecule has 0 radical (unpaired) electrons. The summed E-state index contributed by atoms with van der Waals surface area (Å²) >= 11 is 0. The van der Waals surface area contributed by atoms with Crippen molar-refractivity contribution in [3.63, 3.8) is 0 Å². The molecule has 8 heteroatoms. The van der Waals surface area contributed by atoms with Gasteiger partial charge in [0.05, 0.1) is 21.3 Å². The van der Waals surface area contributed by atoms with Crippen LogP contribution in [-0.4, -0.2) is 55.2 Å². The van der Waals surface area contributed by atoms with Gasteiger partial charge in [-0.3, -0.25) is 0 Å². The molecular weight excluding hydrogens is 236 g/mol. The fraction of sp³-hybridized carbons (Fsp3) is 0.556. The van der Waals surface area contributed by atoms with Crippen LogP contribution in [0.2, 0.25) is 0 Å². The molecule has 0 aromatic rings. The first-order chi connectivity index (χ1) is 7.85. The summed E-state index contributed by atoms with van der Waals surface area (Å²) in [7, 11) is 2.98. The maximum absolute atomic E-state index is 11.4. The summed E-state index contributed by atoms with van der Waals surface area (Å²) in [6.07, 6.45) is -2.26. The van der Waals surface area contributed by atoms with Gasteiger partial charge in [-0.1, -0.05) is 6.58 Å². The standard InChI is InChI=1S/C9H14O8/c1-5(17-16-4)9(13,8(12)15-3)6(10)7(11)14-2/h6,10,13H,1H2,2-4H3/t6?,9-/m1/s1. The molecule has 0 spiro atoms. The van der Waals surface area contributed by atoms with Crippen molar-refractivity contribution in [2.24, 2.45) is 0 Å². The van der Waals surface area contributed by atoms with Crippen LogP contribution in [0.25, 0.3) is 0 Å². The number of rotatable bonds is 6. The van der Waals surface area contributed by atoms with E-state index in [2.05, 4.69) is 25.8 Å². The van der Waals surface area contributed by atoms with Crippen LogP contribution >= 0.6 is 0 Å². The molecule has 0 fully saturated rings. The van der Waals surface area contributed by atoms with Crippen molar-refractivity contribution in [3.8, 4) is 0 Å². The van der Waals surface area contributed by atoms with Gasteiger partial charge in [0, 0.05) is 0 Å². The summed E-state index contributed by atoms with van der Waals surface area (Å²) in [6, 6.07) is 0. The third-order valence-corrected chi connectivity index (χ3v) is 1.93. The smallest absolute Gasteiger partial charge is 0.349 e. The van der Waals surface area contributed by atoms with Crippen LogP contribution in [0.5, 0.6) is 0 Å². The average molecular weight is 250 g/mol. The number of aliphatic hydroxyl groups excluding tert-OH is 1. The Kier molecular flexibility index (Phi) is 5.59. The van der Waals surface area contributed by atoms with Gasteiger partial charge in [0.1, 0.15) is 0 Å². The van der Waals surface area contributed by atoms with E-state index in [4.69, 9.17) is 0 Å². The zero-order valence-corrected chi connectivity index (χ0v) is 9.63. The second-order valence-corrected chi connectivity index (χ2v) is 2.86. The molecule has 98 valence electrons. The van der Waals surface area contributed by atoms with E-state index in [9.17, 15) is 19.8 Å². The second kappa shape index (κ2) is 6.18. The number of carbonyl (C=O) groups excluding carboxylic acids is 2. The molecule has 17 heavy (non-hydrogen) atoms. The van der Waals surface area contributed by atoms with E-state index >= 15 is 0 Å². The summed E-state index contributed by atoms with van der Waals surface area (Å²) in [5.41, 5.74) is -2.82. The van der Waals surface area contributed by atoms with Gasteiger partial charge in [-0.2, -0.15) is 4.89 Å². The van der Waals surface area contributed by atoms with Crippen LogP contribution in [0.4, 0.5) is 0 Å². The third kappa shape index (κ3) is 2.93. The highest BCUT2D eigenvalue weighted by Crippen LogP contribution is 2.24. The van der Waals surface area contributed by atoms with E-state index in [0.717, 1.165) is 21.3 Å². The van der Waals surface area contributed by atoms with Crippen molar-refractivity contribution in [1.29, 1.82) is 0 Å². The monoisotopic (exact) mass is 250 g/mol. The first-order valence-corrected chi connectivity index (χ1v) is 4.32. The summed E-state index contributed by atoms with van der Waals surface area (Å²) < 4.78 is 8.43. The fourth-order valence-corrected chi connectivity index (χ4v) is 0.980. The van der Waals surface area contributed by atoms with Crippen molar-refractivity contribution in [3.05, 3.63) is 12.3 Å². The first kappa shape index (κ1) is 15.4. The summed E-state index contributed by atoms with van der Waals surface area (Å²) in [4.78, 5) is 31.0. The lowest BCUT2D eigenvalue weighted by molar-refractivity contribution is -0.265. The first-order valence-electron chi connectivity index (χ1n) is 4.32. The van der Waals surface area contributed by atoms with Gasteiger partial charge < -0.3 is 24.6 Å². The number of hydrogen-bond donors (Lipinski definition) is 2. The summed E-state index contributed by atoms with van der Waals surface area (Å²) in [5.74, 6) is -3.33. The molecule has 0 rings (SSSR count). The molecule has 0 aliphatic carbocycles. The number of carbonyl (C=O) groups is 2. The Balaban J connectivity index is 5.31. The Morgan fingerprint density at radius 2 is 1.76 bits per heavy atom. The minimum atomic E-state index is -2.82. The molecule has 0 amide bonds. The SMILES string of the molecule is C=C(OOC)[C@](O)(C(=O)OC)C(O)C(=O)OC. The molecule has 0 aliphatic heterocycles. The number of esters is 2. The molecule has 2 atom stereocenters. The van der Waals surface area contributed by atoms with Gasteiger partial charge >= 0.3 is 11.9 Å². The maximum Gasteiger partial charge on any atom is 0.349 e. The number of methoxy groups -OCH3 is 2. The predicted octanol–water partition coefficient (Wildman–Crippen LogP) is -1.48. The van der Waals surface area contributed by atoms with Crippen molar-refractivity contribution >= 4 is 11.9 Å². The highest BCUT2D eigenvalue weighted by molar-refractivity contribution is 5.91. The van der Waals surface area contributed by atoms with Crippen molar-refractivity contribution in [2.75, 3.05) is 21.3 Å². The van der Waals surface area contributed by atoms with Crippen molar-refractivity contribution in [2.45, 2.75) is 11.7 Å². The van der Waals surface area contributed by atoms with Crippen LogP contribution in [0.15, 0.2) is 12.3 Å². The van der Waals surface area contributed by atoms with Gasteiger partial charge in [0.15, 0.2) is 11.9 Å². The molecule has 0 aromatic heterocycles. The van der Waals surface area contributed by atoms with E-state index in [1.54, 1.807) is 0 Å². The zero-order chi connectivity index (χ0) is 13.6. The number of hydrogen-bond acceptors (Lipinski definition) is 8. The molecule has 1 unspecified atom stereocenters. The van der Waals surface area contributed by atoms with Crippen LogP contribution in [0.1, 0.15) is 0 Å². The Bertz CT molecular complexity index is 312. The van der Waals surface area contributed by atoms with E-state index < -0.39 is 29.4 Å². The van der Waals surface area contributed by atoms with Gasteiger partial charge in [0.2, 0.25) is 0 Å². The molecule has 0 aliphatic rings. The number of aliphatic hydroxyl groups is 2. The Morgan fingerprint density at radius 3 is 2.12 bits per heavy atom. The average Bonchev–Trinajstić information content (AvgIpc) is 2.34. The summed E-state index contributed by atoms with van der Waals surface area (Å²) in [5, 5.41) is 19.4. The van der Waals surface area contributed by atoms with Crippen LogP contribution in [0, 0.1) is 0 Å². The molecule has 8 nitrogen and oxygen atoms in total. The lowest BCUT2D eigenvalue weighted by atomic mass is 9.95. The van der Waals surface area contributed by atoms with Crippen LogP contribution in [-0.2, 0) is 28.8 Å². The molecule has 2 N–H and O–H groups in total. The van der Waals surface area contributed by atoms with Gasteiger partial charge in [-0.15, -0.1) is 0 Å². The van der Waals surface area contributed by atoms with Gasteiger partial charge in [0.25, 0.3) is 5.60 Å². The van der Waals surface area contributed by atoms with E-state index in [-0.39, 0.29) is 0 Å². The van der Waals surface area contributed by atoms with Crippen LogP contribution < -0.4 is 0 Å². The minimum absolute atomic E-state index is 0.718. The Labute approximate surface area is 97.3 Å². The normalized spacial score (nSPS) is 15.4. The minimum Gasteiger partial charge on any atom is -0.467 e. The second-order valence-electron chi connectivity index (χ2n) is 2.86. The Hall–Kier alpha value is -1.64. The number of ether oxygens (including phenoxy) is 2. The molecule has 0 saturated carbocycles. The van der Waals surface area contributed by atoms with Gasteiger partial charge in [-0.25, -0.2) is 9.59 Å². The van der Waals surface area contributed by atoms with Crippen LogP contribution in [0.3, 0.4) is 0 Å². The molecule has 0 saturated heterocycles. The van der Waals surface area contributed by atoms with Crippen molar-refractivity contribution < 1.29 is 39.1 Å². The highest BCUT2D eigenvalue weighted by atomic mass is 17.2. The Morgan fingerprint density at radius 1 is 1.24 bits per heavy atom. The predicted molar refractivity (Wildman–Crippen MR) is 52.2 cm³/mol. The molecule has 0 aromatic carbocycles. The van der Waals surface area contributed by atoms with E-state index in [1.807, 2.05) is 0 Å². The zero-order valence-electron chi connectivity index (χ0n) is 9.63. The highest BCUT2D eigenvalue weighted by Gasteiger charge is 2.54. The fourth-order valence-electron chi connectivity index (χ4n) is 0.980. The molecule has 0 heterocycles.